The van der Waals surface area contributed by atoms with Gasteiger partial charge in [-0.2, -0.15) is 5.10 Å². The van der Waals surface area contributed by atoms with Gasteiger partial charge in [-0.3, -0.25) is 4.79 Å². The van der Waals surface area contributed by atoms with Crippen molar-refractivity contribution in [1.29, 1.82) is 0 Å². The summed E-state index contributed by atoms with van der Waals surface area (Å²) in [5, 5.41) is 5.25. The normalized spacial score (nSPS) is 10.9. The average Bonchev–Trinajstić information content (AvgIpc) is 2.76. The van der Waals surface area contributed by atoms with E-state index in [0.717, 1.165) is 5.56 Å². The zero-order valence-corrected chi connectivity index (χ0v) is 19.8. The maximum atomic E-state index is 12.2. The van der Waals surface area contributed by atoms with Gasteiger partial charge in [0.25, 0.3) is 5.91 Å². The van der Waals surface area contributed by atoms with Gasteiger partial charge in [-0.15, -0.1) is 0 Å². The van der Waals surface area contributed by atoms with E-state index in [9.17, 15) is 4.79 Å². The Morgan fingerprint density at radius 2 is 1.88 bits per heavy atom. The molecule has 0 bridgehead atoms. The minimum atomic E-state index is -0.489. The fourth-order valence-corrected chi connectivity index (χ4v) is 3.43. The van der Waals surface area contributed by atoms with Crippen molar-refractivity contribution < 1.29 is 14.3 Å². The van der Waals surface area contributed by atoms with Crippen LogP contribution in [0.3, 0.4) is 0 Å². The summed E-state index contributed by atoms with van der Waals surface area (Å²) in [7, 11) is 0. The molecular formula is C22H17Cl4N3O3. The van der Waals surface area contributed by atoms with E-state index in [1.54, 1.807) is 42.5 Å². The fraction of sp³-hybridized carbons (Fsp3) is 0.136. The summed E-state index contributed by atoms with van der Waals surface area (Å²) in [4.78, 5) is 16.0. The smallest absolute Gasteiger partial charge is 0.274 e. The van der Waals surface area contributed by atoms with Gasteiger partial charge in [-0.25, -0.2) is 10.4 Å². The van der Waals surface area contributed by atoms with Gasteiger partial charge in [0.1, 0.15) is 11.8 Å². The summed E-state index contributed by atoms with van der Waals surface area (Å²) in [6.45, 7) is 2.46. The second-order valence-electron chi connectivity index (χ2n) is 6.34. The van der Waals surface area contributed by atoms with E-state index in [4.69, 9.17) is 55.9 Å². The summed E-state index contributed by atoms with van der Waals surface area (Å²) in [6.07, 6.45) is 2.92. The molecule has 0 atom stereocenters. The van der Waals surface area contributed by atoms with Crippen LogP contribution in [-0.4, -0.2) is 23.7 Å². The van der Waals surface area contributed by atoms with Crippen LogP contribution in [0.1, 0.15) is 28.4 Å². The third-order valence-electron chi connectivity index (χ3n) is 4.08. The zero-order chi connectivity index (χ0) is 23.1. The standard InChI is InChI=1S/C22H17Cl4N3O3/c1-2-31-19-10-14(11-28-29-22(30)15-4-3-7-27-21(15)26)9-18(25)20(19)32-12-13-5-6-16(23)17(24)8-13/h3-11H,2,12H2,1H3,(H,29,30). The number of ether oxygens (including phenoxy) is 2. The van der Waals surface area contributed by atoms with Crippen molar-refractivity contribution in [3.8, 4) is 11.5 Å². The number of hydrazone groups is 1. The Hall–Kier alpha value is -2.51. The van der Waals surface area contributed by atoms with Gasteiger partial charge >= 0.3 is 0 Å². The Kier molecular flexibility index (Phi) is 8.59. The molecule has 2 aromatic carbocycles. The van der Waals surface area contributed by atoms with E-state index in [1.807, 2.05) is 6.92 Å². The molecule has 3 rings (SSSR count). The van der Waals surface area contributed by atoms with Gasteiger partial charge in [0.15, 0.2) is 11.5 Å². The molecule has 6 nitrogen and oxygen atoms in total. The Morgan fingerprint density at radius 3 is 2.59 bits per heavy atom. The molecule has 1 amide bonds. The lowest BCUT2D eigenvalue weighted by Crippen LogP contribution is -2.18. The van der Waals surface area contributed by atoms with Crippen LogP contribution in [-0.2, 0) is 6.61 Å². The molecule has 1 aromatic heterocycles. The minimum Gasteiger partial charge on any atom is -0.490 e. The van der Waals surface area contributed by atoms with Crippen molar-refractivity contribution in [3.63, 3.8) is 0 Å². The Labute approximate surface area is 205 Å². The lowest BCUT2D eigenvalue weighted by Gasteiger charge is -2.14. The molecule has 0 spiro atoms. The molecular weight excluding hydrogens is 496 g/mol. The molecule has 0 saturated heterocycles. The Bertz CT molecular complexity index is 1160. The maximum absolute atomic E-state index is 12.2. The highest BCUT2D eigenvalue weighted by Gasteiger charge is 2.14. The van der Waals surface area contributed by atoms with Crippen LogP contribution in [0.4, 0.5) is 0 Å². The Morgan fingerprint density at radius 1 is 1.06 bits per heavy atom. The molecule has 0 aliphatic carbocycles. The number of nitrogens with zero attached hydrogens (tertiary/aromatic N) is 2. The van der Waals surface area contributed by atoms with Crippen molar-refractivity contribution >= 4 is 58.5 Å². The second-order valence-corrected chi connectivity index (χ2v) is 7.92. The van der Waals surface area contributed by atoms with Gasteiger partial charge in [0, 0.05) is 6.20 Å². The predicted octanol–water partition coefficient (Wildman–Crippen LogP) is 6.44. The van der Waals surface area contributed by atoms with E-state index in [1.165, 1.54) is 12.4 Å². The number of benzene rings is 2. The molecule has 166 valence electrons. The molecule has 1 heterocycles. The van der Waals surface area contributed by atoms with Crippen LogP contribution in [0.5, 0.6) is 11.5 Å². The Balaban J connectivity index is 1.74. The summed E-state index contributed by atoms with van der Waals surface area (Å²) < 4.78 is 11.5. The minimum absolute atomic E-state index is 0.0883. The number of rotatable bonds is 8. The second kappa shape index (κ2) is 11.4. The van der Waals surface area contributed by atoms with Crippen LogP contribution < -0.4 is 14.9 Å². The van der Waals surface area contributed by atoms with Crippen LogP contribution in [0.25, 0.3) is 0 Å². The highest BCUT2D eigenvalue weighted by atomic mass is 35.5. The monoisotopic (exact) mass is 511 g/mol. The van der Waals surface area contributed by atoms with E-state index < -0.39 is 5.91 Å². The van der Waals surface area contributed by atoms with Crippen molar-refractivity contribution in [3.05, 3.63) is 85.6 Å². The third kappa shape index (κ3) is 6.26. The zero-order valence-electron chi connectivity index (χ0n) is 16.7. The number of carbonyl (C=O) groups excluding carboxylic acids is 1. The molecule has 0 fully saturated rings. The number of halogens is 4. The van der Waals surface area contributed by atoms with Crippen LogP contribution in [0, 0.1) is 0 Å². The number of nitrogens with one attached hydrogen (secondary N) is 1. The molecule has 0 aliphatic rings. The highest BCUT2D eigenvalue weighted by Crippen LogP contribution is 2.37. The van der Waals surface area contributed by atoms with E-state index in [-0.39, 0.29) is 17.3 Å². The van der Waals surface area contributed by atoms with Gasteiger partial charge in [-0.05, 0) is 54.4 Å². The topological polar surface area (TPSA) is 72.8 Å². The lowest BCUT2D eigenvalue weighted by molar-refractivity contribution is 0.0955. The molecule has 3 aromatic rings. The van der Waals surface area contributed by atoms with Crippen LogP contribution in [0.2, 0.25) is 20.2 Å². The number of aromatic nitrogens is 1. The molecule has 10 heteroatoms. The van der Waals surface area contributed by atoms with E-state index in [2.05, 4.69) is 15.5 Å². The van der Waals surface area contributed by atoms with Gasteiger partial charge in [0.05, 0.1) is 33.5 Å². The van der Waals surface area contributed by atoms with Crippen LogP contribution in [0.15, 0.2) is 53.8 Å². The predicted molar refractivity (Wildman–Crippen MR) is 128 cm³/mol. The van der Waals surface area contributed by atoms with Crippen LogP contribution >= 0.6 is 46.4 Å². The first-order valence-corrected chi connectivity index (χ1v) is 10.9. The maximum Gasteiger partial charge on any atom is 0.274 e. The molecule has 32 heavy (non-hydrogen) atoms. The van der Waals surface area contributed by atoms with Crippen molar-refractivity contribution in [2.75, 3.05) is 6.61 Å². The average molecular weight is 513 g/mol. The first-order valence-electron chi connectivity index (χ1n) is 9.36. The quantitative estimate of drug-likeness (QED) is 0.214. The molecule has 0 radical (unpaired) electrons. The number of amides is 1. The van der Waals surface area contributed by atoms with Gasteiger partial charge < -0.3 is 9.47 Å². The molecule has 0 unspecified atom stereocenters. The van der Waals surface area contributed by atoms with Gasteiger partial charge in [0.2, 0.25) is 0 Å². The summed E-state index contributed by atoms with van der Waals surface area (Å²) in [5.41, 5.74) is 4.03. The summed E-state index contributed by atoms with van der Waals surface area (Å²) in [5.74, 6) is 0.322. The molecule has 1 N–H and O–H groups in total. The van der Waals surface area contributed by atoms with E-state index >= 15 is 0 Å². The van der Waals surface area contributed by atoms with E-state index in [0.29, 0.717) is 38.7 Å². The van der Waals surface area contributed by atoms with Crippen molar-refractivity contribution in [2.45, 2.75) is 13.5 Å². The number of pyridine rings is 1. The number of hydrogen-bond acceptors (Lipinski definition) is 5. The van der Waals surface area contributed by atoms with Gasteiger partial charge in [-0.1, -0.05) is 52.5 Å². The lowest BCUT2D eigenvalue weighted by atomic mass is 10.2. The first-order chi connectivity index (χ1) is 15.4. The summed E-state index contributed by atoms with van der Waals surface area (Å²) >= 11 is 24.3. The van der Waals surface area contributed by atoms with Crippen molar-refractivity contribution in [2.24, 2.45) is 5.10 Å². The first kappa shape index (κ1) is 24.1. The number of hydrogen-bond donors (Lipinski definition) is 1. The number of carbonyl (C=O) groups is 1. The summed E-state index contributed by atoms with van der Waals surface area (Å²) in [6, 6.07) is 11.7. The van der Waals surface area contributed by atoms with Crippen molar-refractivity contribution in [1.82, 2.24) is 10.4 Å². The molecule has 0 saturated carbocycles. The fourth-order valence-electron chi connectivity index (χ4n) is 2.63. The molecule has 0 aliphatic heterocycles. The SMILES string of the molecule is CCOc1cc(C=NNC(=O)c2cccnc2Cl)cc(Cl)c1OCc1ccc(Cl)c(Cl)c1. The largest absolute Gasteiger partial charge is 0.490 e. The third-order valence-corrected chi connectivity index (χ3v) is 5.40. The highest BCUT2D eigenvalue weighted by molar-refractivity contribution is 6.42.